The van der Waals surface area contributed by atoms with Gasteiger partial charge in [0.25, 0.3) is 0 Å². The predicted octanol–water partition coefficient (Wildman–Crippen LogP) is 3.01. The molecule has 3 rings (SSSR count). The summed E-state index contributed by atoms with van der Waals surface area (Å²) < 4.78 is 0. The molecule has 0 aliphatic carbocycles. The summed E-state index contributed by atoms with van der Waals surface area (Å²) in [5, 5.41) is 4.76. The van der Waals surface area contributed by atoms with Crippen LogP contribution >= 0.6 is 0 Å². The quantitative estimate of drug-likeness (QED) is 0.758. The monoisotopic (exact) mass is 302 g/mol. The van der Waals surface area contributed by atoms with Crippen molar-refractivity contribution < 1.29 is 0 Å². The summed E-state index contributed by atoms with van der Waals surface area (Å²) in [6, 6.07) is 9.83. The number of hydrogen-bond acceptors (Lipinski definition) is 4. The highest BCUT2D eigenvalue weighted by atomic mass is 16.0. The SMILES string of the molecule is CCCCCc1cccc(CC2NNN3CCC(CC)N23)c1. The average Bonchev–Trinajstić information content (AvgIpc) is 3.11. The third kappa shape index (κ3) is 3.51. The molecule has 1 aromatic rings. The van der Waals surface area contributed by atoms with Gasteiger partial charge in [-0.15, -0.1) is 0 Å². The first kappa shape index (κ1) is 15.9. The summed E-state index contributed by atoms with van der Waals surface area (Å²) in [5.74, 6) is 0. The minimum atomic E-state index is 0.373. The van der Waals surface area contributed by atoms with E-state index in [1.165, 1.54) is 49.7 Å². The van der Waals surface area contributed by atoms with Gasteiger partial charge in [0.05, 0.1) is 6.17 Å². The molecule has 2 N–H and O–H groups in total. The molecular weight excluding hydrogens is 272 g/mol. The summed E-state index contributed by atoms with van der Waals surface area (Å²) in [4.78, 5) is 0. The van der Waals surface area contributed by atoms with Gasteiger partial charge >= 0.3 is 0 Å². The molecule has 0 bridgehead atoms. The Kier molecular flexibility index (Phi) is 5.47. The maximum atomic E-state index is 3.45. The minimum Gasteiger partial charge on any atom is -0.224 e. The van der Waals surface area contributed by atoms with Crippen LogP contribution in [0, 0.1) is 0 Å². The van der Waals surface area contributed by atoms with Gasteiger partial charge in [-0.05, 0) is 36.8 Å². The summed E-state index contributed by atoms with van der Waals surface area (Å²) in [6.45, 7) is 5.66. The lowest BCUT2D eigenvalue weighted by molar-refractivity contribution is -0.0115. The molecule has 2 unspecified atom stereocenters. The zero-order chi connectivity index (χ0) is 15.4. The number of hydrogen-bond donors (Lipinski definition) is 2. The number of unbranched alkanes of at least 4 members (excludes halogenated alkanes) is 2. The van der Waals surface area contributed by atoms with Crippen LogP contribution in [0.2, 0.25) is 0 Å². The zero-order valence-corrected chi connectivity index (χ0v) is 14.0. The van der Waals surface area contributed by atoms with Crippen LogP contribution in [0.3, 0.4) is 0 Å². The molecule has 2 aliphatic rings. The van der Waals surface area contributed by atoms with E-state index >= 15 is 0 Å². The van der Waals surface area contributed by atoms with Crippen LogP contribution < -0.4 is 11.0 Å². The van der Waals surface area contributed by atoms with E-state index in [0.29, 0.717) is 12.2 Å². The van der Waals surface area contributed by atoms with Crippen molar-refractivity contribution in [2.75, 3.05) is 6.54 Å². The highest BCUT2D eigenvalue weighted by Crippen LogP contribution is 2.25. The summed E-state index contributed by atoms with van der Waals surface area (Å²) >= 11 is 0. The number of nitrogens with zero attached hydrogens (tertiary/aromatic N) is 2. The third-order valence-electron chi connectivity index (χ3n) is 4.97. The molecular formula is C18H30N4. The molecule has 122 valence electrons. The first-order valence-electron chi connectivity index (χ1n) is 8.96. The molecule has 4 nitrogen and oxygen atoms in total. The lowest BCUT2D eigenvalue weighted by Crippen LogP contribution is -2.44. The smallest absolute Gasteiger partial charge is 0.0933 e. The highest BCUT2D eigenvalue weighted by molar-refractivity contribution is 5.24. The van der Waals surface area contributed by atoms with E-state index in [-0.39, 0.29) is 0 Å². The maximum absolute atomic E-state index is 3.45. The van der Waals surface area contributed by atoms with Crippen LogP contribution in [0.25, 0.3) is 0 Å². The lowest BCUT2D eigenvalue weighted by atomic mass is 10.0. The van der Waals surface area contributed by atoms with Crippen LogP contribution in [-0.4, -0.2) is 28.9 Å². The fourth-order valence-electron chi connectivity index (χ4n) is 3.72. The largest absolute Gasteiger partial charge is 0.224 e. The van der Waals surface area contributed by atoms with Gasteiger partial charge in [0, 0.05) is 19.0 Å². The summed E-state index contributed by atoms with van der Waals surface area (Å²) in [6.07, 6.45) is 9.05. The van der Waals surface area contributed by atoms with Crippen molar-refractivity contribution in [3.8, 4) is 0 Å². The van der Waals surface area contributed by atoms with Gasteiger partial charge in [0.2, 0.25) is 0 Å². The molecule has 0 spiro atoms. The molecule has 0 saturated carbocycles. The maximum Gasteiger partial charge on any atom is 0.0933 e. The molecule has 0 aromatic heterocycles. The first-order chi connectivity index (χ1) is 10.8. The van der Waals surface area contributed by atoms with E-state index in [0.717, 1.165) is 13.0 Å². The standard InChI is InChI=1S/C18H30N4/c1-3-5-6-8-15-9-7-10-16(13-15)14-18-19-20-21-12-11-17(4-2)22(18)21/h7,9-10,13,17-20H,3-6,8,11-12,14H2,1-2H3. The molecule has 1 aromatic carbocycles. The number of hydrazine groups is 3. The molecule has 0 radical (unpaired) electrons. The fraction of sp³-hybridized carbons (Fsp3) is 0.667. The zero-order valence-electron chi connectivity index (χ0n) is 14.0. The highest BCUT2D eigenvalue weighted by Gasteiger charge is 2.40. The van der Waals surface area contributed by atoms with E-state index in [4.69, 9.17) is 0 Å². The third-order valence-corrected chi connectivity index (χ3v) is 4.97. The number of nitrogens with one attached hydrogen (secondary N) is 2. The van der Waals surface area contributed by atoms with Gasteiger partial charge in [0.1, 0.15) is 0 Å². The topological polar surface area (TPSA) is 30.5 Å². The van der Waals surface area contributed by atoms with E-state index in [1.807, 2.05) is 0 Å². The van der Waals surface area contributed by atoms with Crippen LogP contribution in [0.1, 0.15) is 57.1 Å². The Morgan fingerprint density at radius 2 is 2.05 bits per heavy atom. The molecule has 22 heavy (non-hydrogen) atoms. The average molecular weight is 302 g/mol. The lowest BCUT2D eigenvalue weighted by Gasteiger charge is -2.28. The Bertz CT molecular complexity index is 476. The van der Waals surface area contributed by atoms with Crippen LogP contribution in [0.4, 0.5) is 0 Å². The normalized spacial score (nSPS) is 25.7. The minimum absolute atomic E-state index is 0.373. The number of rotatable bonds is 7. The Hall–Kier alpha value is -0.940. The van der Waals surface area contributed by atoms with E-state index in [2.05, 4.69) is 59.2 Å². The molecule has 2 atom stereocenters. The van der Waals surface area contributed by atoms with Crippen molar-refractivity contribution in [2.24, 2.45) is 0 Å². The first-order valence-corrected chi connectivity index (χ1v) is 8.96. The second-order valence-electron chi connectivity index (χ2n) is 6.61. The van der Waals surface area contributed by atoms with E-state index < -0.39 is 0 Å². The molecule has 2 aliphatic heterocycles. The fourth-order valence-corrected chi connectivity index (χ4v) is 3.72. The second kappa shape index (κ2) is 7.55. The molecule has 2 saturated heterocycles. The van der Waals surface area contributed by atoms with Crippen molar-refractivity contribution in [3.05, 3.63) is 35.4 Å². The van der Waals surface area contributed by atoms with Crippen LogP contribution in [-0.2, 0) is 12.8 Å². The Morgan fingerprint density at radius 3 is 2.86 bits per heavy atom. The van der Waals surface area contributed by atoms with Gasteiger partial charge in [-0.3, -0.25) is 0 Å². The van der Waals surface area contributed by atoms with Crippen LogP contribution in [0.15, 0.2) is 24.3 Å². The molecule has 0 amide bonds. The van der Waals surface area contributed by atoms with Crippen LogP contribution in [0.5, 0.6) is 0 Å². The molecule has 2 fully saturated rings. The van der Waals surface area contributed by atoms with Crippen molar-refractivity contribution in [3.63, 3.8) is 0 Å². The number of fused-ring (bicyclic) bond motifs is 1. The molecule has 4 heteroatoms. The van der Waals surface area contributed by atoms with Crippen molar-refractivity contribution >= 4 is 0 Å². The summed E-state index contributed by atoms with van der Waals surface area (Å²) in [7, 11) is 0. The van der Waals surface area contributed by atoms with Gasteiger partial charge in [-0.25, -0.2) is 10.4 Å². The predicted molar refractivity (Wildman–Crippen MR) is 90.7 cm³/mol. The van der Waals surface area contributed by atoms with Crippen molar-refractivity contribution in [2.45, 2.75) is 71.0 Å². The van der Waals surface area contributed by atoms with E-state index in [1.54, 1.807) is 0 Å². The Balaban J connectivity index is 1.62. The van der Waals surface area contributed by atoms with E-state index in [9.17, 15) is 0 Å². The number of benzene rings is 1. The Morgan fingerprint density at radius 1 is 1.18 bits per heavy atom. The van der Waals surface area contributed by atoms with Gasteiger partial charge in [-0.1, -0.05) is 51.0 Å². The number of aryl methyl sites for hydroxylation is 1. The Labute approximate surface area is 134 Å². The molecule has 2 heterocycles. The second-order valence-corrected chi connectivity index (χ2v) is 6.61. The van der Waals surface area contributed by atoms with Gasteiger partial charge in [0.15, 0.2) is 0 Å². The van der Waals surface area contributed by atoms with Crippen molar-refractivity contribution in [1.29, 1.82) is 0 Å². The summed E-state index contributed by atoms with van der Waals surface area (Å²) in [5.41, 5.74) is 9.69. The van der Waals surface area contributed by atoms with Gasteiger partial charge < -0.3 is 0 Å². The van der Waals surface area contributed by atoms with Crippen molar-refractivity contribution in [1.82, 2.24) is 21.1 Å². The van der Waals surface area contributed by atoms with Gasteiger partial charge in [-0.2, -0.15) is 10.7 Å².